The van der Waals surface area contributed by atoms with E-state index >= 15 is 0 Å². The van der Waals surface area contributed by atoms with Gasteiger partial charge in [-0.3, -0.25) is 9.59 Å². The second-order valence-corrected chi connectivity index (χ2v) is 3.60. The number of likely N-dealkylation sites (N-methyl/N-ethyl adjacent to an activating group) is 1. The zero-order chi connectivity index (χ0) is 12.6. The van der Waals surface area contributed by atoms with Gasteiger partial charge < -0.3 is 4.90 Å². The lowest BCUT2D eigenvalue weighted by Gasteiger charge is -2.30. The minimum atomic E-state index is -0.262. The molecular formula is C12H25NO2. The van der Waals surface area contributed by atoms with Gasteiger partial charge in [0.2, 0.25) is 5.91 Å². The van der Waals surface area contributed by atoms with Crippen molar-refractivity contribution in [3.05, 3.63) is 0 Å². The van der Waals surface area contributed by atoms with Crippen molar-refractivity contribution in [1.29, 1.82) is 0 Å². The Morgan fingerprint density at radius 2 is 1.53 bits per heavy atom. The van der Waals surface area contributed by atoms with Crippen molar-refractivity contribution >= 4 is 11.7 Å². The molecule has 0 radical (unpaired) electrons. The highest BCUT2D eigenvalue weighted by Gasteiger charge is 2.26. The van der Waals surface area contributed by atoms with E-state index in [2.05, 4.69) is 0 Å². The Labute approximate surface area is 93.8 Å². The van der Waals surface area contributed by atoms with Crippen LogP contribution < -0.4 is 0 Å². The average molecular weight is 215 g/mol. The van der Waals surface area contributed by atoms with E-state index in [-0.39, 0.29) is 23.7 Å². The SMILES string of the molecule is CC.CCN(C(C)=O)C(C(C)=O)C(C)C. The Morgan fingerprint density at radius 3 is 1.60 bits per heavy atom. The van der Waals surface area contributed by atoms with Gasteiger partial charge in [-0.05, 0) is 19.8 Å². The monoisotopic (exact) mass is 215 g/mol. The summed E-state index contributed by atoms with van der Waals surface area (Å²) < 4.78 is 0. The van der Waals surface area contributed by atoms with Gasteiger partial charge in [0.05, 0.1) is 6.04 Å². The van der Waals surface area contributed by atoms with E-state index in [4.69, 9.17) is 0 Å². The minimum absolute atomic E-state index is 0.0311. The zero-order valence-corrected chi connectivity index (χ0v) is 11.1. The van der Waals surface area contributed by atoms with E-state index in [0.717, 1.165) is 0 Å². The van der Waals surface area contributed by atoms with Gasteiger partial charge in [0, 0.05) is 13.5 Å². The maximum Gasteiger partial charge on any atom is 0.220 e. The van der Waals surface area contributed by atoms with Crippen molar-refractivity contribution < 1.29 is 9.59 Å². The number of Topliss-reactive ketones (excluding diaryl/α,β-unsaturated/α-hetero) is 1. The first-order chi connectivity index (χ1) is 6.91. The number of ketones is 1. The van der Waals surface area contributed by atoms with Crippen LogP contribution in [0.5, 0.6) is 0 Å². The van der Waals surface area contributed by atoms with Crippen molar-refractivity contribution in [2.45, 2.75) is 54.5 Å². The first-order valence-corrected chi connectivity index (χ1v) is 5.69. The first-order valence-electron chi connectivity index (χ1n) is 5.69. The van der Waals surface area contributed by atoms with Crippen molar-refractivity contribution in [2.75, 3.05) is 6.54 Å². The third-order valence-corrected chi connectivity index (χ3v) is 2.13. The molecule has 0 aromatic heterocycles. The molecule has 0 bridgehead atoms. The highest BCUT2D eigenvalue weighted by molar-refractivity contribution is 5.86. The lowest BCUT2D eigenvalue weighted by atomic mass is 9.99. The van der Waals surface area contributed by atoms with Crippen LogP contribution in [-0.4, -0.2) is 29.2 Å². The van der Waals surface area contributed by atoms with Crippen LogP contribution in [0, 0.1) is 5.92 Å². The van der Waals surface area contributed by atoms with Gasteiger partial charge in [-0.25, -0.2) is 0 Å². The molecular weight excluding hydrogens is 190 g/mol. The standard InChI is InChI=1S/C10H19NO2.C2H6/c1-6-11(9(5)13)10(7(2)3)8(4)12;1-2/h7,10H,6H2,1-5H3;1-2H3. The van der Waals surface area contributed by atoms with Crippen LogP contribution in [0.15, 0.2) is 0 Å². The molecule has 0 aliphatic heterocycles. The number of carbonyl (C=O) groups excluding carboxylic acids is 2. The van der Waals surface area contributed by atoms with Crippen molar-refractivity contribution in [3.8, 4) is 0 Å². The van der Waals surface area contributed by atoms with Gasteiger partial charge in [-0.2, -0.15) is 0 Å². The number of hydrogen-bond acceptors (Lipinski definition) is 2. The van der Waals surface area contributed by atoms with E-state index < -0.39 is 0 Å². The highest BCUT2D eigenvalue weighted by atomic mass is 16.2. The Kier molecular flexibility index (Phi) is 9.33. The molecule has 3 heteroatoms. The molecule has 1 atom stereocenters. The summed E-state index contributed by atoms with van der Waals surface area (Å²) in [4.78, 5) is 24.1. The molecule has 0 aliphatic carbocycles. The molecule has 0 spiro atoms. The Morgan fingerprint density at radius 1 is 1.13 bits per heavy atom. The number of nitrogens with zero attached hydrogens (tertiary/aromatic N) is 1. The van der Waals surface area contributed by atoms with Crippen LogP contribution in [-0.2, 0) is 9.59 Å². The largest absolute Gasteiger partial charge is 0.333 e. The molecule has 1 unspecified atom stereocenters. The van der Waals surface area contributed by atoms with Crippen LogP contribution in [0.2, 0.25) is 0 Å². The fourth-order valence-corrected chi connectivity index (χ4v) is 1.66. The fraction of sp³-hybridized carbons (Fsp3) is 0.833. The highest BCUT2D eigenvalue weighted by Crippen LogP contribution is 2.11. The molecule has 0 N–H and O–H groups in total. The second-order valence-electron chi connectivity index (χ2n) is 3.60. The van der Waals surface area contributed by atoms with Gasteiger partial charge in [-0.15, -0.1) is 0 Å². The van der Waals surface area contributed by atoms with Crippen LogP contribution in [0.4, 0.5) is 0 Å². The van der Waals surface area contributed by atoms with Gasteiger partial charge in [0.1, 0.15) is 0 Å². The van der Waals surface area contributed by atoms with E-state index in [9.17, 15) is 9.59 Å². The van der Waals surface area contributed by atoms with Gasteiger partial charge in [0.25, 0.3) is 0 Å². The number of rotatable bonds is 4. The molecule has 0 saturated heterocycles. The average Bonchev–Trinajstić information content (AvgIpc) is 2.15. The smallest absolute Gasteiger partial charge is 0.220 e. The Bertz CT molecular complexity index is 200. The third-order valence-electron chi connectivity index (χ3n) is 2.13. The zero-order valence-electron chi connectivity index (χ0n) is 11.1. The van der Waals surface area contributed by atoms with E-state index in [1.807, 2.05) is 34.6 Å². The molecule has 1 amide bonds. The summed E-state index contributed by atoms with van der Waals surface area (Å²) in [6, 6.07) is -0.262. The summed E-state index contributed by atoms with van der Waals surface area (Å²) in [5.41, 5.74) is 0. The second kappa shape index (κ2) is 8.45. The topological polar surface area (TPSA) is 37.4 Å². The molecule has 0 aliphatic rings. The quantitative estimate of drug-likeness (QED) is 0.722. The van der Waals surface area contributed by atoms with Crippen LogP contribution in [0.25, 0.3) is 0 Å². The van der Waals surface area contributed by atoms with Gasteiger partial charge >= 0.3 is 0 Å². The van der Waals surface area contributed by atoms with Crippen molar-refractivity contribution in [3.63, 3.8) is 0 Å². The number of carbonyl (C=O) groups is 2. The van der Waals surface area contributed by atoms with Crippen molar-refractivity contribution in [1.82, 2.24) is 4.90 Å². The maximum atomic E-state index is 11.3. The lowest BCUT2D eigenvalue weighted by molar-refractivity contribution is -0.138. The summed E-state index contributed by atoms with van der Waals surface area (Å²) in [6.45, 7) is 13.4. The predicted octanol–water partition coefficient (Wildman–Crippen LogP) is 2.49. The Balaban J connectivity index is 0. The molecule has 0 aromatic rings. The molecule has 90 valence electrons. The Hall–Kier alpha value is -0.860. The molecule has 0 saturated carbocycles. The minimum Gasteiger partial charge on any atom is -0.333 e. The molecule has 0 heterocycles. The summed E-state index contributed by atoms with van der Waals surface area (Å²) in [5, 5.41) is 0. The van der Waals surface area contributed by atoms with Crippen molar-refractivity contribution in [2.24, 2.45) is 5.92 Å². The normalized spacial score (nSPS) is 11.5. The summed E-state index contributed by atoms with van der Waals surface area (Å²) in [6.07, 6.45) is 0. The molecule has 0 aromatic carbocycles. The lowest BCUT2D eigenvalue weighted by Crippen LogP contribution is -2.46. The summed E-state index contributed by atoms with van der Waals surface area (Å²) in [5.74, 6) is 0.213. The number of hydrogen-bond donors (Lipinski definition) is 0. The molecule has 0 fully saturated rings. The third kappa shape index (κ3) is 5.55. The van der Waals surface area contributed by atoms with E-state index in [1.54, 1.807) is 4.90 Å². The summed E-state index contributed by atoms with van der Waals surface area (Å²) in [7, 11) is 0. The summed E-state index contributed by atoms with van der Waals surface area (Å²) >= 11 is 0. The first kappa shape index (κ1) is 16.6. The van der Waals surface area contributed by atoms with Gasteiger partial charge in [-0.1, -0.05) is 27.7 Å². The van der Waals surface area contributed by atoms with E-state index in [0.29, 0.717) is 6.54 Å². The number of amides is 1. The van der Waals surface area contributed by atoms with Crippen LogP contribution in [0.3, 0.4) is 0 Å². The van der Waals surface area contributed by atoms with Crippen LogP contribution >= 0.6 is 0 Å². The maximum absolute atomic E-state index is 11.3. The molecule has 3 nitrogen and oxygen atoms in total. The predicted molar refractivity (Wildman–Crippen MR) is 63.7 cm³/mol. The van der Waals surface area contributed by atoms with Crippen LogP contribution in [0.1, 0.15) is 48.5 Å². The molecule has 0 rings (SSSR count). The van der Waals surface area contributed by atoms with E-state index in [1.165, 1.54) is 13.8 Å². The van der Waals surface area contributed by atoms with Gasteiger partial charge in [0.15, 0.2) is 5.78 Å². The molecule has 15 heavy (non-hydrogen) atoms. The fourth-order valence-electron chi connectivity index (χ4n) is 1.66.